The molecule has 2 N–H and O–H groups in total. The first-order valence-corrected chi connectivity index (χ1v) is 7.47. The number of nitrogens with two attached hydrogens (primary N) is 1. The molecule has 0 aromatic heterocycles. The van der Waals surface area contributed by atoms with E-state index in [1.807, 2.05) is 9.80 Å². The van der Waals surface area contributed by atoms with Gasteiger partial charge in [-0.2, -0.15) is 0 Å². The lowest BCUT2D eigenvalue weighted by Crippen LogP contribution is -2.47. The molecule has 2 amide bonds. The Balaban J connectivity index is 1.87. The van der Waals surface area contributed by atoms with Crippen molar-refractivity contribution in [3.63, 3.8) is 0 Å². The van der Waals surface area contributed by atoms with Crippen LogP contribution >= 0.6 is 0 Å². The number of carbonyl (C=O) groups is 2. The minimum absolute atomic E-state index is 0.0975. The van der Waals surface area contributed by atoms with Gasteiger partial charge in [0.15, 0.2) is 0 Å². The normalized spacial score (nSPS) is 24.6. The maximum absolute atomic E-state index is 12.6. The largest absolute Gasteiger partial charge is 0.369 e. The third kappa shape index (κ3) is 3.39. The average molecular weight is 279 g/mol. The minimum atomic E-state index is -0.293. The molecule has 1 saturated heterocycles. The lowest BCUT2D eigenvalue weighted by molar-refractivity contribution is -0.138. The van der Waals surface area contributed by atoms with Crippen LogP contribution in [0.5, 0.6) is 0 Å². The van der Waals surface area contributed by atoms with Gasteiger partial charge in [0.25, 0.3) is 0 Å². The van der Waals surface area contributed by atoms with E-state index in [0.29, 0.717) is 12.5 Å². The molecule has 20 heavy (non-hydrogen) atoms. The summed E-state index contributed by atoms with van der Waals surface area (Å²) in [5.41, 5.74) is 5.20. The van der Waals surface area contributed by atoms with Crippen molar-refractivity contribution in [3.05, 3.63) is 12.2 Å². The van der Waals surface area contributed by atoms with Crippen LogP contribution < -0.4 is 5.73 Å². The number of piperidine rings is 1. The van der Waals surface area contributed by atoms with Crippen LogP contribution in [0, 0.1) is 11.8 Å². The first-order chi connectivity index (χ1) is 9.49. The smallest absolute Gasteiger partial charge is 0.231 e. The van der Waals surface area contributed by atoms with Gasteiger partial charge in [0, 0.05) is 12.5 Å². The Labute approximate surface area is 120 Å². The zero-order valence-corrected chi connectivity index (χ0v) is 12.4. The summed E-state index contributed by atoms with van der Waals surface area (Å²) in [5.74, 6) is 0.527. The number of hydrogen-bond donors (Lipinski definition) is 1. The van der Waals surface area contributed by atoms with Crippen molar-refractivity contribution in [2.75, 3.05) is 26.2 Å². The molecule has 0 saturated carbocycles. The van der Waals surface area contributed by atoms with Crippen molar-refractivity contribution in [2.24, 2.45) is 17.6 Å². The van der Waals surface area contributed by atoms with Gasteiger partial charge in [0.05, 0.1) is 12.6 Å². The number of rotatable bonds is 4. The molecule has 2 aliphatic heterocycles. The van der Waals surface area contributed by atoms with Gasteiger partial charge in [-0.05, 0) is 31.8 Å². The van der Waals surface area contributed by atoms with Crippen LogP contribution in [0.2, 0.25) is 0 Å². The van der Waals surface area contributed by atoms with E-state index in [1.165, 1.54) is 0 Å². The van der Waals surface area contributed by atoms with Crippen molar-refractivity contribution in [2.45, 2.75) is 32.7 Å². The summed E-state index contributed by atoms with van der Waals surface area (Å²) >= 11 is 0. The summed E-state index contributed by atoms with van der Waals surface area (Å²) < 4.78 is 0. The van der Waals surface area contributed by atoms with Crippen LogP contribution in [0.1, 0.15) is 26.7 Å². The molecule has 2 rings (SSSR count). The van der Waals surface area contributed by atoms with E-state index in [2.05, 4.69) is 26.0 Å². The van der Waals surface area contributed by atoms with Crippen LogP contribution in [-0.2, 0) is 9.59 Å². The summed E-state index contributed by atoms with van der Waals surface area (Å²) in [4.78, 5) is 27.6. The molecule has 0 aromatic carbocycles. The van der Waals surface area contributed by atoms with E-state index in [9.17, 15) is 9.59 Å². The minimum Gasteiger partial charge on any atom is -0.369 e. The highest BCUT2D eigenvalue weighted by molar-refractivity contribution is 5.80. The number of amides is 2. The Kier molecular flexibility index (Phi) is 4.81. The fraction of sp³-hybridized carbons (Fsp3) is 0.733. The third-order valence-electron chi connectivity index (χ3n) is 4.28. The SMILES string of the molecule is CC(C)[C@H]1C=CCN1C(=O)C1CCN(CC(N)=O)CC1. The molecule has 112 valence electrons. The van der Waals surface area contributed by atoms with Crippen molar-refractivity contribution in [1.29, 1.82) is 0 Å². The predicted molar refractivity (Wildman–Crippen MR) is 77.8 cm³/mol. The molecule has 2 aliphatic rings. The number of likely N-dealkylation sites (tertiary alicyclic amines) is 1. The average Bonchev–Trinajstić information content (AvgIpc) is 2.87. The summed E-state index contributed by atoms with van der Waals surface area (Å²) in [6.45, 7) is 6.91. The molecule has 5 nitrogen and oxygen atoms in total. The highest BCUT2D eigenvalue weighted by Crippen LogP contribution is 2.25. The van der Waals surface area contributed by atoms with E-state index in [4.69, 9.17) is 5.73 Å². The second kappa shape index (κ2) is 6.39. The van der Waals surface area contributed by atoms with Gasteiger partial charge in [0.2, 0.25) is 11.8 Å². The number of carbonyl (C=O) groups excluding carboxylic acids is 2. The van der Waals surface area contributed by atoms with Crippen LogP contribution in [0.15, 0.2) is 12.2 Å². The monoisotopic (exact) mass is 279 g/mol. The standard InChI is InChI=1S/C15H25N3O2/c1-11(2)13-4-3-7-18(13)15(20)12-5-8-17(9-6-12)10-14(16)19/h3-4,11-13H,5-10H2,1-2H3,(H2,16,19)/t13-/m1/s1. The van der Waals surface area contributed by atoms with Crippen LogP contribution in [-0.4, -0.2) is 53.8 Å². The second-order valence-electron chi connectivity index (χ2n) is 6.17. The Bertz CT molecular complexity index is 398. The fourth-order valence-electron chi connectivity index (χ4n) is 3.15. The number of primary amides is 1. The number of nitrogens with zero attached hydrogens (tertiary/aromatic N) is 2. The van der Waals surface area contributed by atoms with Gasteiger partial charge in [-0.3, -0.25) is 14.5 Å². The van der Waals surface area contributed by atoms with Crippen molar-refractivity contribution >= 4 is 11.8 Å². The van der Waals surface area contributed by atoms with E-state index in [0.717, 1.165) is 32.5 Å². The Hall–Kier alpha value is -1.36. The lowest BCUT2D eigenvalue weighted by Gasteiger charge is -2.35. The van der Waals surface area contributed by atoms with E-state index < -0.39 is 0 Å². The van der Waals surface area contributed by atoms with Gasteiger partial charge in [0.1, 0.15) is 0 Å². The molecular formula is C15H25N3O2. The zero-order valence-electron chi connectivity index (χ0n) is 12.4. The highest BCUT2D eigenvalue weighted by atomic mass is 16.2. The molecule has 0 unspecified atom stereocenters. The molecule has 0 aromatic rings. The lowest BCUT2D eigenvalue weighted by atomic mass is 9.94. The second-order valence-corrected chi connectivity index (χ2v) is 6.17. The molecule has 0 aliphatic carbocycles. The third-order valence-corrected chi connectivity index (χ3v) is 4.28. The van der Waals surface area contributed by atoms with Crippen LogP contribution in [0.3, 0.4) is 0 Å². The summed E-state index contributed by atoms with van der Waals surface area (Å²) in [7, 11) is 0. The van der Waals surface area contributed by atoms with Gasteiger partial charge in [-0.1, -0.05) is 26.0 Å². The molecular weight excluding hydrogens is 254 g/mol. The van der Waals surface area contributed by atoms with Gasteiger partial charge in [-0.15, -0.1) is 0 Å². The molecule has 1 fully saturated rings. The summed E-state index contributed by atoms with van der Waals surface area (Å²) in [6, 6.07) is 0.242. The molecule has 5 heteroatoms. The van der Waals surface area contributed by atoms with Crippen LogP contribution in [0.25, 0.3) is 0 Å². The topological polar surface area (TPSA) is 66.6 Å². The quantitative estimate of drug-likeness (QED) is 0.767. The summed E-state index contributed by atoms with van der Waals surface area (Å²) in [6.07, 6.45) is 5.89. The van der Waals surface area contributed by atoms with E-state index >= 15 is 0 Å². The first kappa shape index (κ1) is 15.0. The van der Waals surface area contributed by atoms with E-state index in [1.54, 1.807) is 0 Å². The predicted octanol–water partition coefficient (Wildman–Crippen LogP) is 0.607. The van der Waals surface area contributed by atoms with Crippen molar-refractivity contribution in [1.82, 2.24) is 9.80 Å². The molecule has 2 heterocycles. The Morgan fingerprint density at radius 3 is 2.50 bits per heavy atom. The molecule has 0 radical (unpaired) electrons. The van der Waals surface area contributed by atoms with E-state index in [-0.39, 0.29) is 23.8 Å². The Morgan fingerprint density at radius 1 is 1.30 bits per heavy atom. The molecule has 1 atom stereocenters. The number of hydrogen-bond acceptors (Lipinski definition) is 3. The molecule has 0 spiro atoms. The maximum atomic E-state index is 12.6. The van der Waals surface area contributed by atoms with Gasteiger partial charge < -0.3 is 10.6 Å². The molecule has 0 bridgehead atoms. The van der Waals surface area contributed by atoms with Gasteiger partial charge in [-0.25, -0.2) is 0 Å². The van der Waals surface area contributed by atoms with Gasteiger partial charge >= 0.3 is 0 Å². The Morgan fingerprint density at radius 2 is 1.95 bits per heavy atom. The van der Waals surface area contributed by atoms with Crippen LogP contribution in [0.4, 0.5) is 0 Å². The van der Waals surface area contributed by atoms with Crippen molar-refractivity contribution in [3.8, 4) is 0 Å². The summed E-state index contributed by atoms with van der Waals surface area (Å²) in [5, 5.41) is 0. The maximum Gasteiger partial charge on any atom is 0.231 e. The zero-order chi connectivity index (χ0) is 14.7. The fourth-order valence-corrected chi connectivity index (χ4v) is 3.15. The first-order valence-electron chi connectivity index (χ1n) is 7.47. The van der Waals surface area contributed by atoms with Crippen molar-refractivity contribution < 1.29 is 9.59 Å². The highest BCUT2D eigenvalue weighted by Gasteiger charge is 2.33.